The molecule has 1 aliphatic heterocycles. The standard InChI is InChI=1S/C24H26N2O4/c27-21(25-16-24(30)13-5-1-2-6-14-24)18-11-9-17(10-12-18)15-26-22(28)19-7-3-4-8-20(19)23(26)29/h3-4,7-12,30H,1-2,5-6,13-16H2,(H,25,27). The summed E-state index contributed by atoms with van der Waals surface area (Å²) in [5, 5.41) is 13.5. The summed E-state index contributed by atoms with van der Waals surface area (Å²) in [6.45, 7) is 0.413. The number of nitrogens with zero attached hydrogens (tertiary/aromatic N) is 1. The summed E-state index contributed by atoms with van der Waals surface area (Å²) >= 11 is 0. The smallest absolute Gasteiger partial charge is 0.261 e. The van der Waals surface area contributed by atoms with E-state index < -0.39 is 5.60 Å². The van der Waals surface area contributed by atoms with Crippen molar-refractivity contribution in [1.82, 2.24) is 10.2 Å². The Hall–Kier alpha value is -2.99. The molecule has 0 unspecified atom stereocenters. The lowest BCUT2D eigenvalue weighted by Crippen LogP contribution is -2.42. The highest BCUT2D eigenvalue weighted by molar-refractivity contribution is 6.21. The van der Waals surface area contributed by atoms with E-state index >= 15 is 0 Å². The Bertz CT molecular complexity index is 924. The van der Waals surface area contributed by atoms with Crippen LogP contribution in [0.1, 0.15) is 75.2 Å². The molecule has 1 aliphatic carbocycles. The van der Waals surface area contributed by atoms with Gasteiger partial charge >= 0.3 is 0 Å². The average molecular weight is 406 g/mol. The predicted octanol–water partition coefficient (Wildman–Crippen LogP) is 3.30. The third kappa shape index (κ3) is 4.14. The second-order valence-electron chi connectivity index (χ2n) is 8.26. The van der Waals surface area contributed by atoms with Crippen LogP contribution in [0.4, 0.5) is 0 Å². The average Bonchev–Trinajstić information content (AvgIpc) is 2.91. The highest BCUT2D eigenvalue weighted by atomic mass is 16.3. The SMILES string of the molecule is O=C(NCC1(O)CCCCCC1)c1ccc(CN2C(=O)c3ccccc3C2=O)cc1. The van der Waals surface area contributed by atoms with E-state index in [1.807, 2.05) is 0 Å². The Balaban J connectivity index is 1.37. The van der Waals surface area contributed by atoms with Crippen molar-refractivity contribution in [2.45, 2.75) is 50.7 Å². The van der Waals surface area contributed by atoms with Crippen LogP contribution in [0, 0.1) is 0 Å². The van der Waals surface area contributed by atoms with Gasteiger partial charge in [0.25, 0.3) is 17.7 Å². The number of carbonyl (C=O) groups is 3. The molecule has 3 amide bonds. The van der Waals surface area contributed by atoms with Gasteiger partial charge in [0.1, 0.15) is 0 Å². The van der Waals surface area contributed by atoms with Crippen molar-refractivity contribution in [2.75, 3.05) is 6.54 Å². The van der Waals surface area contributed by atoms with Crippen molar-refractivity contribution < 1.29 is 19.5 Å². The van der Waals surface area contributed by atoms with Gasteiger partial charge in [-0.05, 0) is 42.7 Å². The molecule has 6 heteroatoms. The molecular weight excluding hydrogens is 380 g/mol. The van der Waals surface area contributed by atoms with Crippen LogP contribution < -0.4 is 5.32 Å². The lowest BCUT2D eigenvalue weighted by atomic mass is 9.94. The first kappa shape index (κ1) is 20.3. The predicted molar refractivity (Wildman–Crippen MR) is 112 cm³/mol. The molecule has 2 aromatic rings. The number of rotatable bonds is 5. The maximum absolute atomic E-state index is 12.5. The molecule has 156 valence electrons. The van der Waals surface area contributed by atoms with E-state index in [1.165, 1.54) is 4.90 Å². The fourth-order valence-corrected chi connectivity index (χ4v) is 4.24. The monoisotopic (exact) mass is 406 g/mol. The second-order valence-corrected chi connectivity index (χ2v) is 8.26. The first-order valence-electron chi connectivity index (χ1n) is 10.5. The van der Waals surface area contributed by atoms with Crippen molar-refractivity contribution in [3.8, 4) is 0 Å². The molecule has 0 saturated heterocycles. The van der Waals surface area contributed by atoms with Crippen LogP contribution in [0.5, 0.6) is 0 Å². The highest BCUT2D eigenvalue weighted by Gasteiger charge is 2.35. The fourth-order valence-electron chi connectivity index (χ4n) is 4.24. The van der Waals surface area contributed by atoms with Gasteiger partial charge in [-0.15, -0.1) is 0 Å². The van der Waals surface area contributed by atoms with Crippen LogP contribution >= 0.6 is 0 Å². The third-order valence-electron chi connectivity index (χ3n) is 6.05. The molecule has 1 saturated carbocycles. The number of carbonyl (C=O) groups excluding carboxylic acids is 3. The van der Waals surface area contributed by atoms with E-state index in [2.05, 4.69) is 5.32 Å². The van der Waals surface area contributed by atoms with Gasteiger partial charge < -0.3 is 10.4 Å². The maximum atomic E-state index is 12.5. The zero-order valence-electron chi connectivity index (χ0n) is 16.9. The Kier molecular flexibility index (Phi) is 5.68. The van der Waals surface area contributed by atoms with E-state index in [9.17, 15) is 19.5 Å². The first-order chi connectivity index (χ1) is 14.5. The van der Waals surface area contributed by atoms with Gasteiger partial charge in [-0.2, -0.15) is 0 Å². The van der Waals surface area contributed by atoms with E-state index in [0.717, 1.165) is 31.2 Å². The van der Waals surface area contributed by atoms with Crippen LogP contribution in [0.15, 0.2) is 48.5 Å². The van der Waals surface area contributed by atoms with Gasteiger partial charge in [-0.1, -0.05) is 49.9 Å². The van der Waals surface area contributed by atoms with Crippen LogP contribution in [0.2, 0.25) is 0 Å². The zero-order valence-corrected chi connectivity index (χ0v) is 16.9. The van der Waals surface area contributed by atoms with Gasteiger partial charge in [0, 0.05) is 12.1 Å². The lowest BCUT2D eigenvalue weighted by Gasteiger charge is -2.26. The molecular formula is C24H26N2O4. The number of hydrogen-bond acceptors (Lipinski definition) is 4. The number of hydrogen-bond donors (Lipinski definition) is 2. The van der Waals surface area contributed by atoms with Crippen LogP contribution in [-0.4, -0.2) is 39.9 Å². The van der Waals surface area contributed by atoms with Crippen molar-refractivity contribution >= 4 is 17.7 Å². The molecule has 2 N–H and O–H groups in total. The quantitative estimate of drug-likeness (QED) is 0.589. The van der Waals surface area contributed by atoms with Crippen molar-refractivity contribution in [3.63, 3.8) is 0 Å². The Morgan fingerprint density at radius 3 is 2.03 bits per heavy atom. The van der Waals surface area contributed by atoms with Crippen molar-refractivity contribution in [3.05, 3.63) is 70.8 Å². The number of aliphatic hydroxyl groups is 1. The summed E-state index contributed by atoms with van der Waals surface area (Å²) in [4.78, 5) is 38.7. The molecule has 1 heterocycles. The first-order valence-corrected chi connectivity index (χ1v) is 10.5. The van der Waals surface area contributed by atoms with Crippen molar-refractivity contribution in [2.24, 2.45) is 0 Å². The molecule has 0 atom stereocenters. The Morgan fingerprint density at radius 1 is 0.900 bits per heavy atom. The summed E-state index contributed by atoms with van der Waals surface area (Å²) in [6, 6.07) is 13.7. The maximum Gasteiger partial charge on any atom is 0.261 e. The molecule has 0 aromatic heterocycles. The number of fused-ring (bicyclic) bond motifs is 1. The van der Waals surface area contributed by atoms with Gasteiger partial charge in [-0.3, -0.25) is 19.3 Å². The summed E-state index contributed by atoms with van der Waals surface area (Å²) < 4.78 is 0. The molecule has 0 radical (unpaired) electrons. The van der Waals surface area contributed by atoms with Crippen molar-refractivity contribution in [1.29, 1.82) is 0 Å². The normalized spacial score (nSPS) is 18.1. The molecule has 0 spiro atoms. The molecule has 1 fully saturated rings. The lowest BCUT2D eigenvalue weighted by molar-refractivity contribution is 0.0246. The summed E-state index contributed by atoms with van der Waals surface area (Å²) in [6.07, 6.45) is 5.66. The molecule has 30 heavy (non-hydrogen) atoms. The summed E-state index contributed by atoms with van der Waals surface area (Å²) in [5.41, 5.74) is 1.28. The van der Waals surface area contributed by atoms with E-state index in [1.54, 1.807) is 48.5 Å². The van der Waals surface area contributed by atoms with E-state index in [4.69, 9.17) is 0 Å². The van der Waals surface area contributed by atoms with Gasteiger partial charge in [0.05, 0.1) is 23.3 Å². The largest absolute Gasteiger partial charge is 0.388 e. The molecule has 2 aromatic carbocycles. The Morgan fingerprint density at radius 2 is 1.47 bits per heavy atom. The zero-order chi connectivity index (χ0) is 21.1. The van der Waals surface area contributed by atoms with E-state index in [0.29, 0.717) is 29.5 Å². The minimum atomic E-state index is -0.822. The van der Waals surface area contributed by atoms with E-state index in [-0.39, 0.29) is 30.8 Å². The number of amides is 3. The van der Waals surface area contributed by atoms with Gasteiger partial charge in [0.15, 0.2) is 0 Å². The molecule has 2 aliphatic rings. The second kappa shape index (κ2) is 8.40. The highest BCUT2D eigenvalue weighted by Crippen LogP contribution is 2.27. The van der Waals surface area contributed by atoms with Gasteiger partial charge in [0.2, 0.25) is 0 Å². The number of benzene rings is 2. The third-order valence-corrected chi connectivity index (χ3v) is 6.05. The molecule has 6 nitrogen and oxygen atoms in total. The van der Waals surface area contributed by atoms with Gasteiger partial charge in [-0.25, -0.2) is 0 Å². The number of nitrogens with one attached hydrogen (secondary N) is 1. The topological polar surface area (TPSA) is 86.7 Å². The number of imide groups is 1. The van der Waals surface area contributed by atoms with Crippen LogP contribution in [0.3, 0.4) is 0 Å². The fraction of sp³-hybridized carbons (Fsp3) is 0.375. The Labute approximate surface area is 175 Å². The minimum absolute atomic E-state index is 0.161. The summed E-state index contributed by atoms with van der Waals surface area (Å²) in [7, 11) is 0. The molecule has 4 rings (SSSR count). The summed E-state index contributed by atoms with van der Waals surface area (Å²) in [5.74, 6) is -0.830. The minimum Gasteiger partial charge on any atom is -0.388 e. The van der Waals surface area contributed by atoms with Crippen LogP contribution in [0.25, 0.3) is 0 Å². The van der Waals surface area contributed by atoms with Crippen LogP contribution in [-0.2, 0) is 6.54 Å². The molecule has 0 bridgehead atoms.